The fourth-order valence-corrected chi connectivity index (χ4v) is 3.20. The third kappa shape index (κ3) is 1.96. The van der Waals surface area contributed by atoms with E-state index in [9.17, 15) is 5.11 Å². The fraction of sp³-hybridized carbons (Fsp3) is 0.100. The van der Waals surface area contributed by atoms with Crippen molar-refractivity contribution in [1.29, 1.82) is 0 Å². The Morgan fingerprint density at radius 1 is 0.773 bits per heavy atom. The average molecular weight is 288 g/mol. The smallest absolute Gasteiger partial charge is 0.163 e. The molecule has 0 unspecified atom stereocenters. The molecule has 0 bridgehead atoms. The summed E-state index contributed by atoms with van der Waals surface area (Å²) in [7, 11) is 0. The maximum atomic E-state index is 9.75. The number of hydrogen-bond acceptors (Lipinski definition) is 2. The van der Waals surface area contributed by atoms with Crippen molar-refractivity contribution < 1.29 is 9.84 Å². The van der Waals surface area contributed by atoms with Gasteiger partial charge in [0.05, 0.1) is 0 Å². The van der Waals surface area contributed by atoms with E-state index in [1.165, 1.54) is 0 Å². The molecule has 0 fully saturated rings. The molecule has 0 aromatic heterocycles. The number of phenols is 1. The van der Waals surface area contributed by atoms with Crippen LogP contribution in [0.4, 0.5) is 0 Å². The minimum absolute atomic E-state index is 0.277. The van der Waals surface area contributed by atoms with Crippen molar-refractivity contribution in [2.24, 2.45) is 0 Å². The van der Waals surface area contributed by atoms with Gasteiger partial charge < -0.3 is 9.84 Å². The molecule has 4 rings (SSSR count). The molecule has 0 aliphatic carbocycles. The highest BCUT2D eigenvalue weighted by Crippen LogP contribution is 2.46. The monoisotopic (exact) mass is 288 g/mol. The van der Waals surface area contributed by atoms with E-state index in [1.54, 1.807) is 12.1 Å². The van der Waals surface area contributed by atoms with E-state index in [1.807, 2.05) is 42.5 Å². The zero-order valence-electron chi connectivity index (χ0n) is 12.1. The molecule has 2 heteroatoms. The lowest BCUT2D eigenvalue weighted by Gasteiger charge is -2.30. The lowest BCUT2D eigenvalue weighted by molar-refractivity contribution is 0.140. The first-order valence-electron chi connectivity index (χ1n) is 7.40. The third-order valence-electron chi connectivity index (χ3n) is 4.25. The predicted octanol–water partition coefficient (Wildman–Crippen LogP) is 4.27. The van der Waals surface area contributed by atoms with Crippen molar-refractivity contribution in [2.75, 3.05) is 0 Å². The standard InChI is InChI=1S/C20H16O2/c21-18-11-12-19-15(13-18)14-20(22-19,16-7-3-1-4-8-16)17-9-5-2-6-10-17/h1-13,21H,14H2. The van der Waals surface area contributed by atoms with Crippen molar-refractivity contribution >= 4 is 0 Å². The minimum atomic E-state index is -0.529. The van der Waals surface area contributed by atoms with Crippen LogP contribution in [0.25, 0.3) is 0 Å². The molecule has 3 aromatic rings. The molecule has 0 saturated carbocycles. The van der Waals surface area contributed by atoms with Crippen LogP contribution < -0.4 is 4.74 Å². The summed E-state index contributed by atoms with van der Waals surface area (Å²) >= 11 is 0. The maximum absolute atomic E-state index is 9.75. The van der Waals surface area contributed by atoms with Gasteiger partial charge in [-0.3, -0.25) is 0 Å². The van der Waals surface area contributed by atoms with E-state index < -0.39 is 5.60 Å². The zero-order valence-corrected chi connectivity index (χ0v) is 12.1. The van der Waals surface area contributed by atoms with Crippen LogP contribution in [0.3, 0.4) is 0 Å². The molecule has 22 heavy (non-hydrogen) atoms. The van der Waals surface area contributed by atoms with Gasteiger partial charge in [0.15, 0.2) is 5.60 Å². The van der Waals surface area contributed by atoms with Gasteiger partial charge in [0.25, 0.3) is 0 Å². The Balaban J connectivity index is 1.90. The van der Waals surface area contributed by atoms with Gasteiger partial charge in [-0.05, 0) is 18.2 Å². The number of ether oxygens (including phenoxy) is 1. The van der Waals surface area contributed by atoms with Gasteiger partial charge in [-0.1, -0.05) is 60.7 Å². The van der Waals surface area contributed by atoms with Crippen LogP contribution in [0, 0.1) is 0 Å². The molecule has 0 spiro atoms. The number of fused-ring (bicyclic) bond motifs is 1. The largest absolute Gasteiger partial charge is 0.508 e. The van der Waals surface area contributed by atoms with Crippen LogP contribution in [-0.4, -0.2) is 5.11 Å². The molecule has 2 nitrogen and oxygen atoms in total. The van der Waals surface area contributed by atoms with Gasteiger partial charge >= 0.3 is 0 Å². The highest BCUT2D eigenvalue weighted by Gasteiger charge is 2.42. The van der Waals surface area contributed by atoms with Crippen LogP contribution in [-0.2, 0) is 12.0 Å². The van der Waals surface area contributed by atoms with E-state index in [-0.39, 0.29) is 5.75 Å². The molecule has 1 aliphatic rings. The van der Waals surface area contributed by atoms with Gasteiger partial charge in [0, 0.05) is 23.1 Å². The molecule has 108 valence electrons. The second-order valence-electron chi connectivity index (χ2n) is 5.63. The molecular formula is C20H16O2. The minimum Gasteiger partial charge on any atom is -0.508 e. The van der Waals surface area contributed by atoms with Gasteiger partial charge in [-0.2, -0.15) is 0 Å². The van der Waals surface area contributed by atoms with Gasteiger partial charge in [-0.25, -0.2) is 0 Å². The second-order valence-corrected chi connectivity index (χ2v) is 5.63. The van der Waals surface area contributed by atoms with E-state index in [4.69, 9.17) is 4.74 Å². The summed E-state index contributed by atoms with van der Waals surface area (Å²) in [6.07, 6.45) is 0.713. The quantitative estimate of drug-likeness (QED) is 0.763. The van der Waals surface area contributed by atoms with Crippen LogP contribution in [0.1, 0.15) is 16.7 Å². The van der Waals surface area contributed by atoms with Gasteiger partial charge in [-0.15, -0.1) is 0 Å². The SMILES string of the molecule is Oc1ccc2c(c1)CC(c1ccccc1)(c1ccccc1)O2. The van der Waals surface area contributed by atoms with Crippen LogP contribution in [0.2, 0.25) is 0 Å². The summed E-state index contributed by atoms with van der Waals surface area (Å²) in [6, 6.07) is 25.8. The van der Waals surface area contributed by atoms with Gasteiger partial charge in [0.2, 0.25) is 0 Å². The Morgan fingerprint density at radius 2 is 1.36 bits per heavy atom. The Kier molecular flexibility index (Phi) is 2.90. The summed E-state index contributed by atoms with van der Waals surface area (Å²) in [5.41, 5.74) is 2.75. The summed E-state index contributed by atoms with van der Waals surface area (Å²) in [5, 5.41) is 9.75. The zero-order chi connectivity index (χ0) is 15.0. The second kappa shape index (κ2) is 4.92. The first kappa shape index (κ1) is 13.0. The Labute approximate surface area is 129 Å². The topological polar surface area (TPSA) is 29.5 Å². The highest BCUT2D eigenvalue weighted by atomic mass is 16.5. The summed E-state index contributed by atoms with van der Waals surface area (Å²) in [5.74, 6) is 1.12. The molecule has 1 heterocycles. The molecule has 1 aliphatic heterocycles. The van der Waals surface area contributed by atoms with Crippen LogP contribution in [0.5, 0.6) is 11.5 Å². The van der Waals surface area contributed by atoms with Crippen molar-refractivity contribution in [3.63, 3.8) is 0 Å². The third-order valence-corrected chi connectivity index (χ3v) is 4.25. The molecule has 0 atom stereocenters. The summed E-state index contributed by atoms with van der Waals surface area (Å²) in [4.78, 5) is 0. The average Bonchev–Trinajstić information content (AvgIpc) is 2.96. The number of benzene rings is 3. The Hall–Kier alpha value is -2.74. The first-order valence-corrected chi connectivity index (χ1v) is 7.40. The van der Waals surface area contributed by atoms with Crippen molar-refractivity contribution in [2.45, 2.75) is 12.0 Å². The molecular weight excluding hydrogens is 272 g/mol. The lowest BCUT2D eigenvalue weighted by atomic mass is 9.83. The number of hydrogen-bond donors (Lipinski definition) is 1. The van der Waals surface area contributed by atoms with E-state index in [0.29, 0.717) is 6.42 Å². The number of aromatic hydroxyl groups is 1. The van der Waals surface area contributed by atoms with Gasteiger partial charge in [0.1, 0.15) is 11.5 Å². The van der Waals surface area contributed by atoms with Crippen molar-refractivity contribution in [3.05, 3.63) is 95.6 Å². The first-order chi connectivity index (χ1) is 10.8. The van der Waals surface area contributed by atoms with Crippen molar-refractivity contribution in [1.82, 2.24) is 0 Å². The van der Waals surface area contributed by atoms with E-state index in [2.05, 4.69) is 24.3 Å². The lowest BCUT2D eigenvalue weighted by Crippen LogP contribution is -2.32. The summed E-state index contributed by atoms with van der Waals surface area (Å²) in [6.45, 7) is 0. The maximum Gasteiger partial charge on any atom is 0.163 e. The molecule has 0 amide bonds. The molecule has 0 saturated heterocycles. The van der Waals surface area contributed by atoms with Crippen molar-refractivity contribution in [3.8, 4) is 11.5 Å². The molecule has 3 aromatic carbocycles. The molecule has 1 N–H and O–H groups in total. The van der Waals surface area contributed by atoms with E-state index in [0.717, 1.165) is 22.4 Å². The summed E-state index contributed by atoms with van der Waals surface area (Å²) < 4.78 is 6.41. The highest BCUT2D eigenvalue weighted by molar-refractivity contribution is 5.50. The number of rotatable bonds is 2. The number of phenolic OH excluding ortho intramolecular Hbond substituents is 1. The van der Waals surface area contributed by atoms with Crippen LogP contribution in [0.15, 0.2) is 78.9 Å². The molecule has 0 radical (unpaired) electrons. The van der Waals surface area contributed by atoms with E-state index >= 15 is 0 Å². The Morgan fingerprint density at radius 3 is 1.95 bits per heavy atom. The normalized spacial score (nSPS) is 15.1. The fourth-order valence-electron chi connectivity index (χ4n) is 3.20. The Bertz CT molecular complexity index is 755. The van der Waals surface area contributed by atoms with Crippen LogP contribution >= 0.6 is 0 Å². The predicted molar refractivity (Wildman–Crippen MR) is 86.1 cm³/mol.